The van der Waals surface area contributed by atoms with Gasteiger partial charge in [0.05, 0.1) is 19.9 Å². The molecule has 2 N–H and O–H groups in total. The van der Waals surface area contributed by atoms with E-state index in [9.17, 15) is 9.59 Å². The zero-order chi connectivity index (χ0) is 26.7. The number of nitrogens with zero attached hydrogens (tertiary/aromatic N) is 3. The van der Waals surface area contributed by atoms with Crippen molar-refractivity contribution in [2.24, 2.45) is 5.10 Å². The van der Waals surface area contributed by atoms with Gasteiger partial charge in [0.2, 0.25) is 5.91 Å². The van der Waals surface area contributed by atoms with Gasteiger partial charge in [-0.3, -0.25) is 19.5 Å². The number of amides is 2. The number of rotatable bonds is 10. The number of carbonyl (C=O) groups excluding carboxylic acids is 2. The van der Waals surface area contributed by atoms with Crippen molar-refractivity contribution in [2.75, 3.05) is 25.5 Å². The second-order valence-corrected chi connectivity index (χ2v) is 9.13. The summed E-state index contributed by atoms with van der Waals surface area (Å²) in [7, 11) is 1.61. The molecule has 1 saturated heterocycles. The Hall–Kier alpha value is -4.24. The van der Waals surface area contributed by atoms with Crippen LogP contribution in [0.2, 0.25) is 0 Å². The van der Waals surface area contributed by atoms with Crippen LogP contribution in [0.3, 0.4) is 0 Å². The van der Waals surface area contributed by atoms with E-state index in [0.29, 0.717) is 17.2 Å². The molecular weight excluding hydrogens is 482 g/mol. The number of carbonyl (C=O) groups is 2. The van der Waals surface area contributed by atoms with Gasteiger partial charge in [-0.25, -0.2) is 5.43 Å². The second kappa shape index (κ2) is 13.3. The summed E-state index contributed by atoms with van der Waals surface area (Å²) in [5.74, 6) is 1.07. The van der Waals surface area contributed by atoms with Crippen LogP contribution in [0.5, 0.6) is 11.5 Å². The van der Waals surface area contributed by atoms with Crippen molar-refractivity contribution < 1.29 is 19.1 Å². The number of hydrazone groups is 1. The molecule has 4 rings (SSSR count). The molecule has 9 heteroatoms. The van der Waals surface area contributed by atoms with Gasteiger partial charge in [-0.15, -0.1) is 0 Å². The van der Waals surface area contributed by atoms with Gasteiger partial charge in [0.25, 0.3) is 5.91 Å². The maximum Gasteiger partial charge on any atom is 0.254 e. The second-order valence-electron chi connectivity index (χ2n) is 9.13. The zero-order valence-corrected chi connectivity index (χ0v) is 21.7. The van der Waals surface area contributed by atoms with E-state index < -0.39 is 0 Å². The number of piperidine rings is 1. The third-order valence-corrected chi connectivity index (χ3v) is 6.31. The minimum atomic E-state index is -0.156. The molecular formula is C29H33N5O4. The molecule has 2 aromatic carbocycles. The minimum absolute atomic E-state index is 0.126. The quantitative estimate of drug-likeness (QED) is 0.308. The fourth-order valence-corrected chi connectivity index (χ4v) is 4.52. The third kappa shape index (κ3) is 7.63. The van der Waals surface area contributed by atoms with E-state index >= 15 is 0 Å². The van der Waals surface area contributed by atoms with Crippen molar-refractivity contribution >= 4 is 23.7 Å². The Kier molecular flexibility index (Phi) is 9.42. The SMILES string of the molecule is COc1ccc(C=NNC(=O)CN2CCCC[C@H]2c2cccnc2)cc1COc1ccc(NC(C)=O)cc1. The monoisotopic (exact) mass is 515 g/mol. The smallest absolute Gasteiger partial charge is 0.254 e. The van der Waals surface area contributed by atoms with Gasteiger partial charge in [-0.1, -0.05) is 12.5 Å². The first-order valence-corrected chi connectivity index (χ1v) is 12.6. The predicted octanol–water partition coefficient (Wildman–Crippen LogP) is 4.30. The van der Waals surface area contributed by atoms with Crippen molar-refractivity contribution in [3.8, 4) is 11.5 Å². The average Bonchev–Trinajstić information content (AvgIpc) is 2.93. The molecule has 0 spiro atoms. The van der Waals surface area contributed by atoms with E-state index in [4.69, 9.17) is 9.47 Å². The van der Waals surface area contributed by atoms with Crippen LogP contribution in [0.25, 0.3) is 0 Å². The van der Waals surface area contributed by atoms with Crippen LogP contribution in [0.1, 0.15) is 48.9 Å². The molecule has 1 aliphatic rings. The molecule has 38 heavy (non-hydrogen) atoms. The molecule has 3 aromatic rings. The molecule has 9 nitrogen and oxygen atoms in total. The average molecular weight is 516 g/mol. The van der Waals surface area contributed by atoms with Gasteiger partial charge < -0.3 is 14.8 Å². The lowest BCUT2D eigenvalue weighted by Crippen LogP contribution is -2.40. The highest BCUT2D eigenvalue weighted by molar-refractivity contribution is 5.88. The van der Waals surface area contributed by atoms with Crippen LogP contribution in [0, 0.1) is 0 Å². The zero-order valence-electron chi connectivity index (χ0n) is 21.7. The molecule has 1 atom stereocenters. The van der Waals surface area contributed by atoms with Crippen molar-refractivity contribution in [3.05, 3.63) is 83.7 Å². The number of hydrogen-bond donors (Lipinski definition) is 2. The first-order chi connectivity index (χ1) is 18.5. The molecule has 1 aliphatic heterocycles. The lowest BCUT2D eigenvalue weighted by Gasteiger charge is -2.35. The van der Waals surface area contributed by atoms with Crippen LogP contribution in [0.4, 0.5) is 5.69 Å². The molecule has 1 fully saturated rings. The molecule has 0 saturated carbocycles. The van der Waals surface area contributed by atoms with E-state index in [1.54, 1.807) is 43.8 Å². The Morgan fingerprint density at radius 3 is 2.74 bits per heavy atom. The van der Waals surface area contributed by atoms with Gasteiger partial charge in [0.1, 0.15) is 18.1 Å². The summed E-state index contributed by atoms with van der Waals surface area (Å²) in [6, 6.07) is 17.0. The Morgan fingerprint density at radius 2 is 2.00 bits per heavy atom. The molecule has 0 bridgehead atoms. The maximum absolute atomic E-state index is 12.6. The summed E-state index contributed by atoms with van der Waals surface area (Å²) in [5, 5.41) is 6.90. The van der Waals surface area contributed by atoms with Crippen LogP contribution in [0.15, 0.2) is 72.1 Å². The summed E-state index contributed by atoms with van der Waals surface area (Å²) in [5.41, 5.74) is 6.14. The fourth-order valence-electron chi connectivity index (χ4n) is 4.52. The number of ether oxygens (including phenoxy) is 2. The van der Waals surface area contributed by atoms with Gasteiger partial charge in [-0.2, -0.15) is 5.10 Å². The number of benzene rings is 2. The minimum Gasteiger partial charge on any atom is -0.496 e. The topological polar surface area (TPSA) is 105 Å². The summed E-state index contributed by atoms with van der Waals surface area (Å²) in [4.78, 5) is 30.3. The largest absolute Gasteiger partial charge is 0.496 e. The standard InChI is InChI=1S/C29H33N5O4/c1-21(35)32-25-9-11-26(12-10-25)38-20-24-16-22(8-13-28(24)37-2)17-31-33-29(36)19-34-15-4-3-7-27(34)23-6-5-14-30-18-23/h5-6,8-14,16-18,27H,3-4,7,15,19-20H2,1-2H3,(H,32,35)(H,33,36)/t27-/m0/s1. The van der Waals surface area contributed by atoms with Crippen molar-refractivity contribution in [2.45, 2.75) is 38.8 Å². The van der Waals surface area contributed by atoms with E-state index in [0.717, 1.165) is 42.5 Å². The Morgan fingerprint density at radius 1 is 1.16 bits per heavy atom. The van der Waals surface area contributed by atoms with Crippen LogP contribution in [-0.2, 0) is 16.2 Å². The van der Waals surface area contributed by atoms with E-state index in [2.05, 4.69) is 31.8 Å². The molecule has 2 amide bonds. The third-order valence-electron chi connectivity index (χ3n) is 6.31. The van der Waals surface area contributed by atoms with Gasteiger partial charge in [-0.05, 0) is 79.0 Å². The van der Waals surface area contributed by atoms with Crippen LogP contribution < -0.4 is 20.2 Å². The normalized spacial score (nSPS) is 15.7. The summed E-state index contributed by atoms with van der Waals surface area (Å²) >= 11 is 0. The highest BCUT2D eigenvalue weighted by atomic mass is 16.5. The highest BCUT2D eigenvalue weighted by Gasteiger charge is 2.25. The molecule has 1 aromatic heterocycles. The van der Waals surface area contributed by atoms with Crippen molar-refractivity contribution in [1.82, 2.24) is 15.3 Å². The van der Waals surface area contributed by atoms with E-state index in [1.165, 1.54) is 6.92 Å². The first kappa shape index (κ1) is 26.8. The Balaban J connectivity index is 1.33. The molecule has 0 radical (unpaired) electrons. The number of aromatic nitrogens is 1. The first-order valence-electron chi connectivity index (χ1n) is 12.6. The summed E-state index contributed by atoms with van der Waals surface area (Å²) < 4.78 is 11.4. The number of hydrogen-bond acceptors (Lipinski definition) is 7. The molecule has 0 unspecified atom stereocenters. The predicted molar refractivity (Wildman–Crippen MR) is 146 cm³/mol. The highest BCUT2D eigenvalue weighted by Crippen LogP contribution is 2.30. The number of pyridine rings is 1. The van der Waals surface area contributed by atoms with Gasteiger partial charge in [0, 0.05) is 36.6 Å². The Labute approximate surface area is 222 Å². The van der Waals surface area contributed by atoms with Crippen LogP contribution in [-0.4, -0.2) is 48.1 Å². The molecule has 2 heterocycles. The van der Waals surface area contributed by atoms with Gasteiger partial charge in [0.15, 0.2) is 0 Å². The number of anilines is 1. The molecule has 198 valence electrons. The van der Waals surface area contributed by atoms with Gasteiger partial charge >= 0.3 is 0 Å². The van der Waals surface area contributed by atoms with Crippen molar-refractivity contribution in [3.63, 3.8) is 0 Å². The number of methoxy groups -OCH3 is 1. The Bertz CT molecular complexity index is 1250. The lowest BCUT2D eigenvalue weighted by molar-refractivity contribution is -0.123. The summed E-state index contributed by atoms with van der Waals surface area (Å²) in [6.07, 6.45) is 8.48. The van der Waals surface area contributed by atoms with E-state index in [1.807, 2.05) is 30.5 Å². The molecule has 0 aliphatic carbocycles. The lowest BCUT2D eigenvalue weighted by atomic mass is 9.96. The summed E-state index contributed by atoms with van der Waals surface area (Å²) in [6.45, 7) is 2.89. The number of nitrogens with one attached hydrogen (secondary N) is 2. The fraction of sp³-hybridized carbons (Fsp3) is 0.310. The maximum atomic E-state index is 12.6. The number of likely N-dealkylation sites (tertiary alicyclic amines) is 1. The van der Waals surface area contributed by atoms with Crippen LogP contribution >= 0.6 is 0 Å². The van der Waals surface area contributed by atoms with Crippen molar-refractivity contribution in [1.29, 1.82) is 0 Å². The van der Waals surface area contributed by atoms with E-state index in [-0.39, 0.29) is 31.0 Å².